The van der Waals surface area contributed by atoms with E-state index in [-0.39, 0.29) is 16.9 Å². The van der Waals surface area contributed by atoms with Crippen LogP contribution >= 0.6 is 0 Å². The summed E-state index contributed by atoms with van der Waals surface area (Å²) in [4.78, 5) is 12.1. The van der Waals surface area contributed by atoms with E-state index in [0.29, 0.717) is 5.69 Å². The molecule has 0 saturated heterocycles. The van der Waals surface area contributed by atoms with Crippen molar-refractivity contribution in [2.24, 2.45) is 0 Å². The molecule has 3 aromatic rings. The number of carbonyl (C=O) groups is 1. The van der Waals surface area contributed by atoms with Crippen LogP contribution in [0.25, 0.3) is 5.69 Å². The zero-order valence-corrected chi connectivity index (χ0v) is 11.5. The molecule has 8 heteroatoms. The van der Waals surface area contributed by atoms with Gasteiger partial charge in [-0.1, -0.05) is 6.07 Å². The summed E-state index contributed by atoms with van der Waals surface area (Å²) in [5.74, 6) is -1.40. The number of hydrogen-bond donors (Lipinski definition) is 0. The summed E-state index contributed by atoms with van der Waals surface area (Å²) in [6, 6.07) is 11.7. The van der Waals surface area contributed by atoms with Crippen molar-refractivity contribution in [2.45, 2.75) is 0 Å². The number of halogens is 1. The monoisotopic (exact) mass is 309 g/mol. The Balaban J connectivity index is 1.83. The van der Waals surface area contributed by atoms with Crippen LogP contribution in [-0.2, 0) is 0 Å². The van der Waals surface area contributed by atoms with Crippen LogP contribution in [0.1, 0.15) is 15.9 Å². The van der Waals surface area contributed by atoms with Crippen molar-refractivity contribution in [3.05, 3.63) is 65.7 Å². The lowest BCUT2D eigenvalue weighted by Gasteiger charge is -2.06. The lowest BCUT2D eigenvalue weighted by atomic mass is 10.2. The highest BCUT2D eigenvalue weighted by Crippen LogP contribution is 2.18. The van der Waals surface area contributed by atoms with Crippen molar-refractivity contribution < 1.29 is 13.9 Å². The highest BCUT2D eigenvalue weighted by Gasteiger charge is 2.12. The van der Waals surface area contributed by atoms with E-state index in [2.05, 4.69) is 15.5 Å². The zero-order chi connectivity index (χ0) is 16.2. The number of nitrogens with zero attached hydrogens (tertiary/aromatic N) is 5. The molecular weight excluding hydrogens is 301 g/mol. The highest BCUT2D eigenvalue weighted by atomic mass is 19.1. The van der Waals surface area contributed by atoms with Gasteiger partial charge in [0.15, 0.2) is 0 Å². The van der Waals surface area contributed by atoms with Gasteiger partial charge in [0, 0.05) is 6.07 Å². The summed E-state index contributed by atoms with van der Waals surface area (Å²) in [5, 5.41) is 19.4. The number of rotatable bonds is 3. The first kappa shape index (κ1) is 14.3. The molecule has 0 N–H and O–H groups in total. The van der Waals surface area contributed by atoms with Gasteiger partial charge in [-0.05, 0) is 40.8 Å². The summed E-state index contributed by atoms with van der Waals surface area (Å²) in [6.45, 7) is 0. The number of tetrazole rings is 1. The van der Waals surface area contributed by atoms with Gasteiger partial charge in [-0.25, -0.2) is 13.9 Å². The van der Waals surface area contributed by atoms with Gasteiger partial charge < -0.3 is 4.74 Å². The summed E-state index contributed by atoms with van der Waals surface area (Å²) in [7, 11) is 0. The molecule has 1 aromatic heterocycles. The first-order chi connectivity index (χ1) is 11.2. The molecule has 0 bridgehead atoms. The second-order valence-corrected chi connectivity index (χ2v) is 4.45. The quantitative estimate of drug-likeness (QED) is 0.542. The Hall–Kier alpha value is -3.60. The summed E-state index contributed by atoms with van der Waals surface area (Å²) >= 11 is 0. The van der Waals surface area contributed by atoms with Crippen molar-refractivity contribution in [1.82, 2.24) is 20.2 Å². The number of benzene rings is 2. The van der Waals surface area contributed by atoms with E-state index >= 15 is 0 Å². The molecular formula is C15H8FN5O2. The average Bonchev–Trinajstić information content (AvgIpc) is 3.10. The average molecular weight is 309 g/mol. The van der Waals surface area contributed by atoms with Crippen LogP contribution in [0.15, 0.2) is 48.8 Å². The van der Waals surface area contributed by atoms with Crippen LogP contribution in [-0.4, -0.2) is 26.2 Å². The molecule has 3 rings (SSSR count). The number of nitriles is 1. The maximum atomic E-state index is 13.5. The standard InChI is InChI=1S/C15H8FN5O2/c16-14-7-13(5-4-11(14)8-17)23-15(22)10-2-1-3-12(6-10)21-9-18-19-20-21/h1-7,9H. The summed E-state index contributed by atoms with van der Waals surface area (Å²) in [5.41, 5.74) is 0.712. The molecule has 0 radical (unpaired) electrons. The fourth-order valence-corrected chi connectivity index (χ4v) is 1.87. The fourth-order valence-electron chi connectivity index (χ4n) is 1.87. The second kappa shape index (κ2) is 6.03. The van der Waals surface area contributed by atoms with Crippen LogP contribution < -0.4 is 4.74 Å². The minimum Gasteiger partial charge on any atom is -0.423 e. The molecule has 7 nitrogen and oxygen atoms in total. The number of ether oxygens (including phenoxy) is 1. The first-order valence-electron chi connectivity index (χ1n) is 6.42. The molecule has 0 unspecified atom stereocenters. The molecule has 0 aliphatic heterocycles. The lowest BCUT2D eigenvalue weighted by molar-refractivity contribution is 0.0734. The predicted octanol–water partition coefficient (Wildman–Crippen LogP) is 1.89. The predicted molar refractivity (Wildman–Crippen MR) is 75.2 cm³/mol. The largest absolute Gasteiger partial charge is 0.423 e. The molecule has 0 aliphatic rings. The van der Waals surface area contributed by atoms with Crippen LogP contribution in [0.2, 0.25) is 0 Å². The second-order valence-electron chi connectivity index (χ2n) is 4.45. The molecule has 1 heterocycles. The van der Waals surface area contributed by atoms with E-state index < -0.39 is 11.8 Å². The van der Waals surface area contributed by atoms with Gasteiger partial charge >= 0.3 is 5.97 Å². The molecule has 0 amide bonds. The Morgan fingerprint density at radius 1 is 1.26 bits per heavy atom. The molecule has 0 fully saturated rings. The topological polar surface area (TPSA) is 93.7 Å². The van der Waals surface area contributed by atoms with Crippen molar-refractivity contribution in [3.8, 4) is 17.5 Å². The minimum atomic E-state index is -0.750. The van der Waals surface area contributed by atoms with Crippen molar-refractivity contribution in [1.29, 1.82) is 5.26 Å². The van der Waals surface area contributed by atoms with Gasteiger partial charge in [-0.2, -0.15) is 5.26 Å². The van der Waals surface area contributed by atoms with Gasteiger partial charge in [0.2, 0.25) is 0 Å². The Morgan fingerprint density at radius 2 is 2.13 bits per heavy atom. The SMILES string of the molecule is N#Cc1ccc(OC(=O)c2cccc(-n3cnnn3)c2)cc1F. The van der Waals surface area contributed by atoms with Crippen molar-refractivity contribution in [3.63, 3.8) is 0 Å². The maximum absolute atomic E-state index is 13.5. The van der Waals surface area contributed by atoms with E-state index in [9.17, 15) is 9.18 Å². The van der Waals surface area contributed by atoms with E-state index in [4.69, 9.17) is 10.00 Å². The third-order valence-electron chi connectivity index (χ3n) is 2.97. The third-order valence-corrected chi connectivity index (χ3v) is 2.97. The zero-order valence-electron chi connectivity index (χ0n) is 11.5. The van der Waals surface area contributed by atoms with Gasteiger partial charge in [-0.3, -0.25) is 0 Å². The van der Waals surface area contributed by atoms with Crippen LogP contribution in [0.4, 0.5) is 4.39 Å². The number of aromatic nitrogens is 4. The number of esters is 1. The summed E-state index contributed by atoms with van der Waals surface area (Å²) < 4.78 is 20.0. The third kappa shape index (κ3) is 3.03. The van der Waals surface area contributed by atoms with Gasteiger partial charge in [-0.15, -0.1) is 5.10 Å². The molecule has 0 atom stereocenters. The molecule has 0 aliphatic carbocycles. The Labute approximate surface area is 129 Å². The first-order valence-corrected chi connectivity index (χ1v) is 6.42. The minimum absolute atomic E-state index is 0.0133. The maximum Gasteiger partial charge on any atom is 0.343 e. The normalized spacial score (nSPS) is 10.1. The van der Waals surface area contributed by atoms with Crippen molar-refractivity contribution >= 4 is 5.97 Å². The van der Waals surface area contributed by atoms with Crippen molar-refractivity contribution in [2.75, 3.05) is 0 Å². The Bertz CT molecular complexity index is 902. The van der Waals surface area contributed by atoms with E-state index in [0.717, 1.165) is 6.07 Å². The molecule has 0 spiro atoms. The van der Waals surface area contributed by atoms with Gasteiger partial charge in [0.25, 0.3) is 0 Å². The van der Waals surface area contributed by atoms with E-state index in [1.807, 2.05) is 0 Å². The van der Waals surface area contributed by atoms with Crippen LogP contribution in [0, 0.1) is 17.1 Å². The van der Waals surface area contributed by atoms with Crippen LogP contribution in [0.5, 0.6) is 5.75 Å². The van der Waals surface area contributed by atoms with Crippen LogP contribution in [0.3, 0.4) is 0 Å². The van der Waals surface area contributed by atoms with Gasteiger partial charge in [0.05, 0.1) is 16.8 Å². The summed E-state index contributed by atoms with van der Waals surface area (Å²) in [6.07, 6.45) is 1.39. The Kier molecular flexibility index (Phi) is 3.76. The molecule has 23 heavy (non-hydrogen) atoms. The molecule has 2 aromatic carbocycles. The smallest absolute Gasteiger partial charge is 0.343 e. The van der Waals surface area contributed by atoms with Gasteiger partial charge in [0.1, 0.15) is 24.0 Å². The number of hydrogen-bond acceptors (Lipinski definition) is 6. The van der Waals surface area contributed by atoms with E-state index in [1.54, 1.807) is 30.3 Å². The lowest BCUT2D eigenvalue weighted by Crippen LogP contribution is -2.09. The highest BCUT2D eigenvalue weighted by molar-refractivity contribution is 5.91. The molecule has 112 valence electrons. The molecule has 0 saturated carbocycles. The number of carbonyl (C=O) groups excluding carboxylic acids is 1. The van der Waals surface area contributed by atoms with E-state index in [1.165, 1.54) is 23.1 Å². The fraction of sp³-hybridized carbons (Fsp3) is 0. The Morgan fingerprint density at radius 3 is 2.83 bits per heavy atom.